The summed E-state index contributed by atoms with van der Waals surface area (Å²) in [6, 6.07) is 3.21. The minimum absolute atomic E-state index is 0.00747. The van der Waals surface area contributed by atoms with Gasteiger partial charge in [-0.15, -0.1) is 0 Å². The highest BCUT2D eigenvalue weighted by Crippen LogP contribution is 2.23. The number of amides is 2. The molecule has 1 aromatic carbocycles. The molecule has 0 unspecified atom stereocenters. The molecular formula is C20H25F2N3O2. The van der Waals surface area contributed by atoms with Crippen LogP contribution in [0.5, 0.6) is 0 Å². The normalized spacial score (nSPS) is 19.9. The Labute approximate surface area is 157 Å². The van der Waals surface area contributed by atoms with Gasteiger partial charge in [0.1, 0.15) is 17.2 Å². The van der Waals surface area contributed by atoms with Gasteiger partial charge in [0.05, 0.1) is 11.3 Å². The van der Waals surface area contributed by atoms with Crippen molar-refractivity contribution in [3.05, 3.63) is 59.4 Å². The van der Waals surface area contributed by atoms with Gasteiger partial charge < -0.3 is 16.0 Å². The van der Waals surface area contributed by atoms with Gasteiger partial charge in [-0.3, -0.25) is 9.59 Å². The van der Waals surface area contributed by atoms with Crippen molar-refractivity contribution in [2.75, 3.05) is 7.05 Å². The second-order valence-electron chi connectivity index (χ2n) is 6.81. The van der Waals surface area contributed by atoms with Crippen LogP contribution in [0.1, 0.15) is 43.0 Å². The van der Waals surface area contributed by atoms with E-state index in [4.69, 9.17) is 0 Å². The Morgan fingerprint density at radius 2 is 1.74 bits per heavy atom. The first kappa shape index (κ1) is 20.6. The minimum atomic E-state index is -0.993. The van der Waals surface area contributed by atoms with Crippen molar-refractivity contribution in [3.63, 3.8) is 0 Å². The molecule has 1 fully saturated rings. The SMILES string of the molecule is C=C(C(=O)NC1CCC(C)CC1)/C(=C\NC)NC(=O)c1c(F)cccc1F. The van der Waals surface area contributed by atoms with Crippen molar-refractivity contribution in [2.24, 2.45) is 5.92 Å². The molecule has 7 heteroatoms. The maximum Gasteiger partial charge on any atom is 0.261 e. The Morgan fingerprint density at radius 1 is 1.15 bits per heavy atom. The van der Waals surface area contributed by atoms with Crippen LogP contribution in [0.2, 0.25) is 0 Å². The van der Waals surface area contributed by atoms with E-state index < -0.39 is 29.0 Å². The zero-order valence-corrected chi connectivity index (χ0v) is 15.6. The zero-order valence-electron chi connectivity index (χ0n) is 15.6. The molecule has 0 aromatic heterocycles. The van der Waals surface area contributed by atoms with Gasteiger partial charge in [0, 0.05) is 19.3 Å². The first-order chi connectivity index (χ1) is 12.8. The summed E-state index contributed by atoms with van der Waals surface area (Å²) in [7, 11) is 1.57. The molecule has 1 aromatic rings. The van der Waals surface area contributed by atoms with E-state index in [9.17, 15) is 18.4 Å². The molecule has 2 rings (SSSR count). The van der Waals surface area contributed by atoms with Gasteiger partial charge in [0.15, 0.2) is 0 Å². The molecule has 146 valence electrons. The predicted molar refractivity (Wildman–Crippen MR) is 99.7 cm³/mol. The average Bonchev–Trinajstić information content (AvgIpc) is 2.62. The molecule has 27 heavy (non-hydrogen) atoms. The molecule has 0 bridgehead atoms. The van der Waals surface area contributed by atoms with E-state index in [0.29, 0.717) is 5.92 Å². The van der Waals surface area contributed by atoms with Gasteiger partial charge in [-0.1, -0.05) is 19.6 Å². The first-order valence-corrected chi connectivity index (χ1v) is 8.96. The number of hydrogen-bond donors (Lipinski definition) is 3. The lowest BCUT2D eigenvalue weighted by Gasteiger charge is -2.27. The fraction of sp³-hybridized carbons (Fsp3) is 0.400. The molecule has 0 spiro atoms. The molecule has 0 saturated heterocycles. The third-order valence-electron chi connectivity index (χ3n) is 4.68. The fourth-order valence-corrected chi connectivity index (χ4v) is 3.04. The molecule has 0 atom stereocenters. The molecule has 1 aliphatic rings. The lowest BCUT2D eigenvalue weighted by molar-refractivity contribution is -0.118. The second kappa shape index (κ2) is 9.30. The number of carbonyl (C=O) groups excluding carboxylic acids is 2. The maximum atomic E-state index is 13.8. The van der Waals surface area contributed by atoms with Gasteiger partial charge >= 0.3 is 0 Å². The van der Waals surface area contributed by atoms with Crippen LogP contribution in [0, 0.1) is 17.6 Å². The van der Waals surface area contributed by atoms with E-state index in [-0.39, 0.29) is 17.3 Å². The van der Waals surface area contributed by atoms with Crippen LogP contribution in [0.25, 0.3) is 0 Å². The molecule has 0 heterocycles. The van der Waals surface area contributed by atoms with Gasteiger partial charge in [-0.2, -0.15) is 0 Å². The molecule has 2 amide bonds. The summed E-state index contributed by atoms with van der Waals surface area (Å²) < 4.78 is 27.6. The minimum Gasteiger partial charge on any atom is -0.392 e. The number of halogens is 2. The largest absolute Gasteiger partial charge is 0.392 e. The Bertz CT molecular complexity index is 733. The molecular weight excluding hydrogens is 352 g/mol. The number of hydrogen-bond acceptors (Lipinski definition) is 3. The van der Waals surface area contributed by atoms with Crippen molar-refractivity contribution in [1.82, 2.24) is 16.0 Å². The molecule has 0 aliphatic heterocycles. The Balaban J connectivity index is 2.07. The standard InChI is InChI=1S/C20H25F2N3O2/c1-12-7-9-14(10-8-12)24-19(26)13(2)17(11-23-3)25-20(27)18-15(21)5-4-6-16(18)22/h4-6,11-12,14,23H,2,7-10H2,1,3H3,(H,24,26)(H,25,27)/b17-11+. The number of nitrogens with one attached hydrogen (secondary N) is 3. The van der Waals surface area contributed by atoms with E-state index in [1.807, 2.05) is 0 Å². The summed E-state index contributed by atoms with van der Waals surface area (Å²) >= 11 is 0. The highest BCUT2D eigenvalue weighted by atomic mass is 19.1. The van der Waals surface area contributed by atoms with Crippen molar-refractivity contribution in [3.8, 4) is 0 Å². The van der Waals surface area contributed by atoms with E-state index in [1.165, 1.54) is 12.3 Å². The second-order valence-corrected chi connectivity index (χ2v) is 6.81. The monoisotopic (exact) mass is 377 g/mol. The highest BCUT2D eigenvalue weighted by Gasteiger charge is 2.24. The lowest BCUT2D eigenvalue weighted by Crippen LogP contribution is -2.40. The summed E-state index contributed by atoms with van der Waals surface area (Å²) in [5.41, 5.74) is -0.658. The van der Waals surface area contributed by atoms with E-state index in [2.05, 4.69) is 29.5 Å². The summed E-state index contributed by atoms with van der Waals surface area (Å²) in [6.07, 6.45) is 5.21. The zero-order chi connectivity index (χ0) is 20.0. The third kappa shape index (κ3) is 5.39. The average molecular weight is 377 g/mol. The van der Waals surface area contributed by atoms with Crippen LogP contribution >= 0.6 is 0 Å². The highest BCUT2D eigenvalue weighted by molar-refractivity contribution is 6.01. The molecule has 1 saturated carbocycles. The maximum absolute atomic E-state index is 13.8. The van der Waals surface area contributed by atoms with Crippen LogP contribution in [-0.4, -0.2) is 24.9 Å². The van der Waals surface area contributed by atoms with Gasteiger partial charge in [0.25, 0.3) is 11.8 Å². The Kier molecular flexibility index (Phi) is 7.10. The van der Waals surface area contributed by atoms with E-state index in [0.717, 1.165) is 37.8 Å². The van der Waals surface area contributed by atoms with Gasteiger partial charge in [0.2, 0.25) is 0 Å². The van der Waals surface area contributed by atoms with Crippen LogP contribution in [0.15, 0.2) is 42.2 Å². The van der Waals surface area contributed by atoms with Crippen LogP contribution in [0.4, 0.5) is 8.78 Å². The molecule has 5 nitrogen and oxygen atoms in total. The first-order valence-electron chi connectivity index (χ1n) is 8.96. The molecule has 3 N–H and O–H groups in total. The van der Waals surface area contributed by atoms with Crippen molar-refractivity contribution >= 4 is 11.8 Å². The van der Waals surface area contributed by atoms with E-state index >= 15 is 0 Å². The topological polar surface area (TPSA) is 70.2 Å². The van der Waals surface area contributed by atoms with Crippen LogP contribution < -0.4 is 16.0 Å². The van der Waals surface area contributed by atoms with Crippen molar-refractivity contribution < 1.29 is 18.4 Å². The molecule has 0 radical (unpaired) electrons. The Hall–Kier alpha value is -2.70. The number of rotatable bonds is 6. The summed E-state index contributed by atoms with van der Waals surface area (Å²) in [6.45, 7) is 5.91. The van der Waals surface area contributed by atoms with Gasteiger partial charge in [-0.05, 0) is 43.7 Å². The van der Waals surface area contributed by atoms with Crippen molar-refractivity contribution in [1.29, 1.82) is 0 Å². The lowest BCUT2D eigenvalue weighted by atomic mass is 9.87. The summed E-state index contributed by atoms with van der Waals surface area (Å²) in [5, 5.41) is 7.96. The smallest absolute Gasteiger partial charge is 0.261 e. The van der Waals surface area contributed by atoms with Gasteiger partial charge in [-0.25, -0.2) is 8.78 Å². The quantitative estimate of drug-likeness (QED) is 0.527. The van der Waals surface area contributed by atoms with Crippen LogP contribution in [-0.2, 0) is 4.79 Å². The predicted octanol–water partition coefficient (Wildman–Crippen LogP) is 3.01. The number of carbonyl (C=O) groups is 2. The summed E-state index contributed by atoms with van der Waals surface area (Å²) in [5.74, 6) is -2.74. The fourth-order valence-electron chi connectivity index (χ4n) is 3.04. The number of benzene rings is 1. The third-order valence-corrected chi connectivity index (χ3v) is 4.68. The van der Waals surface area contributed by atoms with E-state index in [1.54, 1.807) is 7.05 Å². The van der Waals surface area contributed by atoms with Crippen molar-refractivity contribution in [2.45, 2.75) is 38.6 Å². The Morgan fingerprint density at radius 3 is 2.30 bits per heavy atom. The molecule has 1 aliphatic carbocycles. The van der Waals surface area contributed by atoms with Crippen LogP contribution in [0.3, 0.4) is 0 Å². The summed E-state index contributed by atoms with van der Waals surface area (Å²) in [4.78, 5) is 24.8.